The highest BCUT2D eigenvalue weighted by Gasteiger charge is 2.44. The van der Waals surface area contributed by atoms with E-state index in [0.717, 1.165) is 16.2 Å². The van der Waals surface area contributed by atoms with Crippen LogP contribution in [0.15, 0.2) is 54.6 Å². The molecular formula is C23H17Cl2F3N2O5S. The number of hydrogen-bond donors (Lipinski definition) is 2. The summed E-state index contributed by atoms with van der Waals surface area (Å²) in [6, 6.07) is 12.5. The molecular weight excluding hydrogens is 544 g/mol. The highest BCUT2D eigenvalue weighted by molar-refractivity contribution is 7.18. The van der Waals surface area contributed by atoms with Crippen LogP contribution in [0, 0.1) is 0 Å². The van der Waals surface area contributed by atoms with Crippen LogP contribution in [-0.2, 0) is 9.53 Å². The number of anilines is 1. The fraction of sp³-hybridized carbons (Fsp3) is 0.174. The molecule has 190 valence electrons. The average molecular weight is 561 g/mol. The topological polar surface area (TPSA) is 110 Å². The van der Waals surface area contributed by atoms with Crippen molar-refractivity contribution < 1.29 is 37.4 Å². The van der Waals surface area contributed by atoms with E-state index in [1.54, 1.807) is 30.3 Å². The lowest BCUT2D eigenvalue weighted by Crippen LogP contribution is -2.52. The number of benzene rings is 2. The fourth-order valence-corrected chi connectivity index (χ4v) is 4.68. The minimum absolute atomic E-state index is 0.0963. The average Bonchev–Trinajstić information content (AvgIpc) is 3.24. The van der Waals surface area contributed by atoms with Crippen molar-refractivity contribution in [2.24, 2.45) is 5.73 Å². The van der Waals surface area contributed by atoms with Gasteiger partial charge in [0.05, 0.1) is 22.3 Å². The van der Waals surface area contributed by atoms with Crippen LogP contribution in [-0.4, -0.2) is 41.4 Å². The number of alkyl halides is 3. The number of esters is 1. The Hall–Kier alpha value is -3.12. The first-order valence-electron chi connectivity index (χ1n) is 10.1. The summed E-state index contributed by atoms with van der Waals surface area (Å²) in [6.07, 6.45) is -7.31. The molecule has 3 rings (SSSR count). The molecule has 0 radical (unpaired) electrons. The molecule has 13 heteroatoms. The number of hydrogen-bond acceptors (Lipinski definition) is 6. The van der Waals surface area contributed by atoms with E-state index in [1.807, 2.05) is 0 Å². The van der Waals surface area contributed by atoms with Crippen LogP contribution in [0.3, 0.4) is 0 Å². The molecule has 1 amide bonds. The predicted octanol–water partition coefficient (Wildman–Crippen LogP) is 5.85. The van der Waals surface area contributed by atoms with Crippen molar-refractivity contribution in [2.75, 3.05) is 4.90 Å². The van der Waals surface area contributed by atoms with Crippen molar-refractivity contribution in [3.05, 3.63) is 75.1 Å². The number of carbonyl (C=O) groups is 3. The SMILES string of the molecule is CC(C(N)OC(=O)C(F)(F)F)N(C(=O)c1ccc(Cl)cc1Cl)c1cc(-c2ccccc2)sc1C(=O)O. The summed E-state index contributed by atoms with van der Waals surface area (Å²) >= 11 is 12.9. The third-order valence-electron chi connectivity index (χ3n) is 4.96. The number of carboxylic acid groups (broad SMARTS) is 1. The minimum Gasteiger partial charge on any atom is -0.477 e. The van der Waals surface area contributed by atoms with Crippen molar-refractivity contribution in [1.29, 1.82) is 0 Å². The second-order valence-corrected chi connectivity index (χ2v) is 9.30. The van der Waals surface area contributed by atoms with Crippen LogP contribution in [0.2, 0.25) is 10.0 Å². The molecule has 1 aromatic heterocycles. The Morgan fingerprint density at radius 3 is 2.28 bits per heavy atom. The van der Waals surface area contributed by atoms with Gasteiger partial charge in [0.1, 0.15) is 4.88 Å². The molecule has 2 atom stereocenters. The molecule has 0 saturated heterocycles. The van der Waals surface area contributed by atoms with Crippen molar-refractivity contribution in [3.63, 3.8) is 0 Å². The van der Waals surface area contributed by atoms with Gasteiger partial charge in [-0.2, -0.15) is 13.2 Å². The first-order valence-corrected chi connectivity index (χ1v) is 11.6. The molecule has 3 aromatic rings. The summed E-state index contributed by atoms with van der Waals surface area (Å²) in [7, 11) is 0. The third kappa shape index (κ3) is 5.98. The molecule has 36 heavy (non-hydrogen) atoms. The number of aromatic carboxylic acids is 1. The smallest absolute Gasteiger partial charge is 0.477 e. The normalized spacial score (nSPS) is 13.1. The highest BCUT2D eigenvalue weighted by Crippen LogP contribution is 2.39. The van der Waals surface area contributed by atoms with Gasteiger partial charge >= 0.3 is 18.1 Å². The number of nitrogens with two attached hydrogens (primary N) is 1. The molecule has 0 aliphatic rings. The van der Waals surface area contributed by atoms with Gasteiger partial charge in [-0.1, -0.05) is 53.5 Å². The molecule has 2 unspecified atom stereocenters. The second kappa shape index (κ2) is 10.9. The molecule has 0 aliphatic carbocycles. The van der Waals surface area contributed by atoms with Crippen molar-refractivity contribution >= 4 is 58.1 Å². The molecule has 7 nitrogen and oxygen atoms in total. The molecule has 0 saturated carbocycles. The lowest BCUT2D eigenvalue weighted by Gasteiger charge is -2.32. The first kappa shape index (κ1) is 27.5. The maximum Gasteiger partial charge on any atom is 0.490 e. The third-order valence-corrected chi connectivity index (χ3v) is 6.67. The van der Waals surface area contributed by atoms with Gasteiger partial charge in [0.15, 0.2) is 6.23 Å². The zero-order valence-corrected chi connectivity index (χ0v) is 20.6. The maximum absolute atomic E-state index is 13.6. The number of amides is 1. The van der Waals surface area contributed by atoms with Gasteiger partial charge in [-0.3, -0.25) is 15.4 Å². The number of nitrogens with zero attached hydrogens (tertiary/aromatic N) is 1. The Labute approximate surface area is 216 Å². The van der Waals surface area contributed by atoms with E-state index < -0.39 is 36.3 Å². The van der Waals surface area contributed by atoms with Gasteiger partial charge in [-0.15, -0.1) is 11.3 Å². The number of halogens is 5. The summed E-state index contributed by atoms with van der Waals surface area (Å²) in [5.41, 5.74) is 6.07. The summed E-state index contributed by atoms with van der Waals surface area (Å²) in [4.78, 5) is 38.1. The Balaban J connectivity index is 2.15. The Morgan fingerprint density at radius 1 is 1.08 bits per heavy atom. The quantitative estimate of drug-likeness (QED) is 0.277. The highest BCUT2D eigenvalue weighted by atomic mass is 35.5. The molecule has 0 spiro atoms. The summed E-state index contributed by atoms with van der Waals surface area (Å²) in [5, 5.41) is 9.97. The molecule has 0 aliphatic heterocycles. The van der Waals surface area contributed by atoms with Crippen LogP contribution in [0.4, 0.5) is 18.9 Å². The fourth-order valence-electron chi connectivity index (χ4n) is 3.20. The number of ether oxygens (including phenoxy) is 1. The van der Waals surface area contributed by atoms with E-state index in [1.165, 1.54) is 31.2 Å². The Morgan fingerprint density at radius 2 is 1.72 bits per heavy atom. The first-order chi connectivity index (χ1) is 16.8. The van der Waals surface area contributed by atoms with Crippen LogP contribution in [0.25, 0.3) is 10.4 Å². The molecule has 0 bridgehead atoms. The minimum atomic E-state index is -5.33. The molecule has 2 aromatic carbocycles. The lowest BCUT2D eigenvalue weighted by molar-refractivity contribution is -0.205. The lowest BCUT2D eigenvalue weighted by atomic mass is 10.1. The molecule has 0 fully saturated rings. The largest absolute Gasteiger partial charge is 0.490 e. The number of thiophene rings is 1. The monoisotopic (exact) mass is 560 g/mol. The van der Waals surface area contributed by atoms with Crippen molar-refractivity contribution in [3.8, 4) is 10.4 Å². The van der Waals surface area contributed by atoms with Crippen LogP contribution >= 0.6 is 34.5 Å². The summed E-state index contributed by atoms with van der Waals surface area (Å²) in [6.45, 7) is 1.21. The van der Waals surface area contributed by atoms with Crippen LogP contribution in [0.5, 0.6) is 0 Å². The van der Waals surface area contributed by atoms with Gasteiger partial charge < -0.3 is 9.84 Å². The van der Waals surface area contributed by atoms with E-state index >= 15 is 0 Å². The van der Waals surface area contributed by atoms with Crippen LogP contribution in [0.1, 0.15) is 27.0 Å². The molecule has 3 N–H and O–H groups in total. The second-order valence-electron chi connectivity index (χ2n) is 7.40. The Bertz CT molecular complexity index is 1300. The summed E-state index contributed by atoms with van der Waals surface area (Å²) < 4.78 is 42.6. The number of carboxylic acids is 1. The van der Waals surface area contributed by atoms with Gasteiger partial charge in [-0.05, 0) is 36.8 Å². The number of rotatable bonds is 7. The maximum atomic E-state index is 13.6. The predicted molar refractivity (Wildman–Crippen MR) is 130 cm³/mol. The zero-order chi connectivity index (χ0) is 26.8. The van der Waals surface area contributed by atoms with E-state index in [9.17, 15) is 32.7 Å². The van der Waals surface area contributed by atoms with Gasteiger partial charge in [0.25, 0.3) is 5.91 Å². The Kier molecular flexibility index (Phi) is 8.29. The zero-order valence-electron chi connectivity index (χ0n) is 18.3. The number of carbonyl (C=O) groups excluding carboxylic acids is 2. The van der Waals surface area contributed by atoms with Crippen molar-refractivity contribution in [2.45, 2.75) is 25.4 Å². The molecule has 1 heterocycles. The van der Waals surface area contributed by atoms with Gasteiger partial charge in [-0.25, -0.2) is 9.59 Å². The van der Waals surface area contributed by atoms with Gasteiger partial charge in [0, 0.05) is 9.90 Å². The summed E-state index contributed by atoms with van der Waals surface area (Å²) in [5.74, 6) is -4.86. The van der Waals surface area contributed by atoms with Gasteiger partial charge in [0.2, 0.25) is 0 Å². The standard InChI is InChI=1S/C23H17Cl2F3N2O5S/c1-11(19(29)35-22(34)23(26,27)28)30(20(31)14-8-7-13(24)9-15(14)25)16-10-17(36-18(16)21(32)33)12-5-3-2-4-6-12/h2-11,19H,29H2,1H3,(H,32,33). The van der Waals surface area contributed by atoms with E-state index in [2.05, 4.69) is 4.74 Å². The van der Waals surface area contributed by atoms with Crippen LogP contribution < -0.4 is 10.6 Å². The van der Waals surface area contributed by atoms with E-state index in [0.29, 0.717) is 10.4 Å². The van der Waals surface area contributed by atoms with Crippen molar-refractivity contribution in [1.82, 2.24) is 0 Å². The van der Waals surface area contributed by atoms with E-state index in [-0.39, 0.29) is 26.2 Å². The van der Waals surface area contributed by atoms with E-state index in [4.69, 9.17) is 28.9 Å².